The monoisotopic (exact) mass is 275 g/mol. The highest BCUT2D eigenvalue weighted by atomic mass is 35.5. The summed E-state index contributed by atoms with van der Waals surface area (Å²) >= 11 is 5.86. The number of benzene rings is 1. The summed E-state index contributed by atoms with van der Waals surface area (Å²) < 4.78 is 15.3. The number of hydrogen-bond donors (Lipinski definition) is 0. The highest BCUT2D eigenvalue weighted by molar-refractivity contribution is 6.32. The van der Waals surface area contributed by atoms with E-state index in [1.165, 1.54) is 18.2 Å². The third kappa shape index (κ3) is 4.87. The number of hydrogen-bond acceptors (Lipinski definition) is 5. The van der Waals surface area contributed by atoms with E-state index < -0.39 is 4.92 Å². The molecule has 0 heterocycles. The molecule has 0 atom stereocenters. The quantitative estimate of drug-likeness (QED) is 0.413. The Morgan fingerprint density at radius 3 is 2.67 bits per heavy atom. The van der Waals surface area contributed by atoms with Crippen LogP contribution in [0.25, 0.3) is 0 Å². The Labute approximate surface area is 110 Å². The van der Waals surface area contributed by atoms with Crippen molar-refractivity contribution in [1.29, 1.82) is 0 Å². The van der Waals surface area contributed by atoms with Crippen molar-refractivity contribution in [2.75, 3.05) is 33.5 Å². The molecule has 18 heavy (non-hydrogen) atoms. The lowest BCUT2D eigenvalue weighted by Crippen LogP contribution is -2.10. The fourth-order valence-corrected chi connectivity index (χ4v) is 1.34. The van der Waals surface area contributed by atoms with Gasteiger partial charge >= 0.3 is 0 Å². The van der Waals surface area contributed by atoms with Gasteiger partial charge in [-0.3, -0.25) is 10.1 Å². The Morgan fingerprint density at radius 1 is 1.28 bits per heavy atom. The second kappa shape index (κ2) is 7.86. The summed E-state index contributed by atoms with van der Waals surface area (Å²) in [6.07, 6.45) is 0. The number of nitro benzene ring substituents is 1. The van der Waals surface area contributed by atoms with Gasteiger partial charge in [-0.15, -0.1) is 0 Å². The van der Waals surface area contributed by atoms with Crippen molar-refractivity contribution in [3.05, 3.63) is 33.3 Å². The summed E-state index contributed by atoms with van der Waals surface area (Å²) in [4.78, 5) is 10.1. The van der Waals surface area contributed by atoms with Crippen molar-refractivity contribution in [2.24, 2.45) is 0 Å². The molecular weight excluding hydrogens is 262 g/mol. The molecule has 6 nitrogen and oxygen atoms in total. The van der Waals surface area contributed by atoms with Crippen LogP contribution >= 0.6 is 11.6 Å². The minimum absolute atomic E-state index is 0.0605. The first-order chi connectivity index (χ1) is 8.65. The van der Waals surface area contributed by atoms with E-state index >= 15 is 0 Å². The average molecular weight is 276 g/mol. The van der Waals surface area contributed by atoms with Crippen LogP contribution in [0.4, 0.5) is 5.69 Å². The molecule has 0 saturated heterocycles. The molecular formula is C11H14ClNO5. The molecule has 7 heteroatoms. The van der Waals surface area contributed by atoms with Crippen LogP contribution in [-0.2, 0) is 9.47 Å². The molecule has 0 aliphatic heterocycles. The summed E-state index contributed by atoms with van der Waals surface area (Å²) in [5.41, 5.74) is -0.0605. The maximum atomic E-state index is 10.6. The van der Waals surface area contributed by atoms with Gasteiger partial charge in [-0.1, -0.05) is 11.6 Å². The zero-order valence-corrected chi connectivity index (χ0v) is 10.7. The summed E-state index contributed by atoms with van der Waals surface area (Å²) in [7, 11) is 1.59. The minimum atomic E-state index is -0.502. The molecule has 0 fully saturated rings. The number of nitrogens with zero attached hydrogens (tertiary/aromatic N) is 1. The largest absolute Gasteiger partial charge is 0.489 e. The third-order valence-electron chi connectivity index (χ3n) is 2.04. The maximum absolute atomic E-state index is 10.6. The Bertz CT molecular complexity index is 399. The molecule has 0 amide bonds. The van der Waals surface area contributed by atoms with E-state index in [1.807, 2.05) is 0 Å². The molecule has 0 unspecified atom stereocenters. The van der Waals surface area contributed by atoms with Gasteiger partial charge in [0.1, 0.15) is 12.4 Å². The first-order valence-corrected chi connectivity index (χ1v) is 5.66. The molecule has 1 aromatic carbocycles. The second-order valence-corrected chi connectivity index (χ2v) is 3.73. The van der Waals surface area contributed by atoms with E-state index in [4.69, 9.17) is 25.8 Å². The van der Waals surface area contributed by atoms with Gasteiger partial charge in [0.2, 0.25) is 0 Å². The smallest absolute Gasteiger partial charge is 0.273 e. The predicted molar refractivity (Wildman–Crippen MR) is 66.3 cm³/mol. The Balaban J connectivity index is 2.41. The van der Waals surface area contributed by atoms with Crippen LogP contribution in [0.3, 0.4) is 0 Å². The number of methoxy groups -OCH3 is 1. The molecule has 0 bridgehead atoms. The molecule has 0 aliphatic rings. The summed E-state index contributed by atoms with van der Waals surface area (Å²) in [6, 6.07) is 4.04. The van der Waals surface area contributed by atoms with E-state index in [-0.39, 0.29) is 18.0 Å². The summed E-state index contributed by atoms with van der Waals surface area (Å²) in [5, 5.41) is 10.9. The van der Waals surface area contributed by atoms with Crippen molar-refractivity contribution in [1.82, 2.24) is 0 Å². The summed E-state index contributed by atoms with van der Waals surface area (Å²) in [6.45, 7) is 1.62. The standard InChI is InChI=1S/C11H14ClNO5/c1-16-4-5-17-6-7-18-11-8-9(13(14)15)2-3-10(11)12/h2-3,8H,4-7H2,1H3. The van der Waals surface area contributed by atoms with Gasteiger partial charge in [0.15, 0.2) is 0 Å². The molecule has 0 N–H and O–H groups in total. The first kappa shape index (κ1) is 14.7. The lowest BCUT2D eigenvalue weighted by atomic mass is 10.3. The van der Waals surface area contributed by atoms with E-state index in [0.717, 1.165) is 0 Å². The van der Waals surface area contributed by atoms with Gasteiger partial charge in [-0.25, -0.2) is 0 Å². The van der Waals surface area contributed by atoms with Crippen molar-refractivity contribution < 1.29 is 19.1 Å². The normalized spacial score (nSPS) is 10.3. The van der Waals surface area contributed by atoms with Crippen LogP contribution in [0.5, 0.6) is 5.75 Å². The minimum Gasteiger partial charge on any atom is -0.489 e. The number of halogens is 1. The van der Waals surface area contributed by atoms with E-state index in [1.54, 1.807) is 7.11 Å². The highest BCUT2D eigenvalue weighted by Crippen LogP contribution is 2.28. The van der Waals surface area contributed by atoms with Gasteiger partial charge in [0.05, 0.1) is 35.8 Å². The molecule has 1 aromatic rings. The molecule has 0 aliphatic carbocycles. The summed E-state index contributed by atoms with van der Waals surface area (Å²) in [5.74, 6) is 0.279. The fourth-order valence-electron chi connectivity index (χ4n) is 1.17. The first-order valence-electron chi connectivity index (χ1n) is 5.28. The van der Waals surface area contributed by atoms with Gasteiger partial charge in [0, 0.05) is 13.2 Å². The van der Waals surface area contributed by atoms with Crippen molar-refractivity contribution >= 4 is 17.3 Å². The molecule has 0 radical (unpaired) electrons. The fraction of sp³-hybridized carbons (Fsp3) is 0.455. The van der Waals surface area contributed by atoms with Crippen LogP contribution in [0, 0.1) is 10.1 Å². The molecule has 100 valence electrons. The number of non-ortho nitro benzene ring substituents is 1. The van der Waals surface area contributed by atoms with Crippen molar-refractivity contribution in [2.45, 2.75) is 0 Å². The number of ether oxygens (including phenoxy) is 3. The number of nitro groups is 1. The van der Waals surface area contributed by atoms with Gasteiger partial charge in [-0.2, -0.15) is 0 Å². The lowest BCUT2D eigenvalue weighted by Gasteiger charge is -2.08. The topological polar surface area (TPSA) is 70.8 Å². The zero-order chi connectivity index (χ0) is 13.4. The van der Waals surface area contributed by atoms with Crippen LogP contribution < -0.4 is 4.74 Å². The second-order valence-electron chi connectivity index (χ2n) is 3.33. The van der Waals surface area contributed by atoms with Crippen LogP contribution in [0.2, 0.25) is 5.02 Å². The van der Waals surface area contributed by atoms with Crippen molar-refractivity contribution in [3.8, 4) is 5.75 Å². The Kier molecular flexibility index (Phi) is 6.42. The van der Waals surface area contributed by atoms with Gasteiger partial charge in [0.25, 0.3) is 5.69 Å². The Hall–Kier alpha value is -1.37. The highest BCUT2D eigenvalue weighted by Gasteiger charge is 2.10. The number of rotatable bonds is 8. The van der Waals surface area contributed by atoms with Crippen LogP contribution in [0.15, 0.2) is 18.2 Å². The average Bonchev–Trinajstić information content (AvgIpc) is 2.35. The van der Waals surface area contributed by atoms with Crippen LogP contribution in [0.1, 0.15) is 0 Å². The maximum Gasteiger partial charge on any atom is 0.273 e. The Morgan fingerprint density at radius 2 is 2.00 bits per heavy atom. The molecule has 0 aromatic heterocycles. The van der Waals surface area contributed by atoms with Gasteiger partial charge in [-0.05, 0) is 6.07 Å². The zero-order valence-electron chi connectivity index (χ0n) is 9.93. The van der Waals surface area contributed by atoms with Crippen molar-refractivity contribution in [3.63, 3.8) is 0 Å². The predicted octanol–water partition coefficient (Wildman–Crippen LogP) is 2.29. The SMILES string of the molecule is COCCOCCOc1cc([N+](=O)[O-])ccc1Cl. The van der Waals surface area contributed by atoms with E-state index in [2.05, 4.69) is 0 Å². The molecule has 0 saturated carbocycles. The van der Waals surface area contributed by atoms with E-state index in [0.29, 0.717) is 24.8 Å². The third-order valence-corrected chi connectivity index (χ3v) is 2.35. The van der Waals surface area contributed by atoms with Crippen LogP contribution in [-0.4, -0.2) is 38.5 Å². The van der Waals surface area contributed by atoms with E-state index in [9.17, 15) is 10.1 Å². The molecule has 1 rings (SSSR count). The van der Waals surface area contributed by atoms with Gasteiger partial charge < -0.3 is 14.2 Å². The molecule has 0 spiro atoms. The lowest BCUT2D eigenvalue weighted by molar-refractivity contribution is -0.384.